The van der Waals surface area contributed by atoms with Crippen LogP contribution in [0, 0.1) is 0 Å². The van der Waals surface area contributed by atoms with E-state index in [-0.39, 0.29) is 12.5 Å². The van der Waals surface area contributed by atoms with Gasteiger partial charge in [0.2, 0.25) is 5.91 Å². The van der Waals surface area contributed by atoms with E-state index in [9.17, 15) is 9.59 Å². The highest BCUT2D eigenvalue weighted by molar-refractivity contribution is 7.09. The van der Waals surface area contributed by atoms with Crippen LogP contribution in [0.3, 0.4) is 0 Å². The van der Waals surface area contributed by atoms with E-state index < -0.39 is 6.03 Å². The van der Waals surface area contributed by atoms with Crippen LogP contribution in [-0.4, -0.2) is 43.0 Å². The molecule has 0 aliphatic rings. The minimum atomic E-state index is -0.422. The molecule has 1 rings (SSSR count). The lowest BCUT2D eigenvalue weighted by molar-refractivity contribution is -0.121. The van der Waals surface area contributed by atoms with Crippen molar-refractivity contribution in [2.75, 3.05) is 26.2 Å². The van der Waals surface area contributed by atoms with Gasteiger partial charge in [0, 0.05) is 11.4 Å². The third-order valence-electron chi connectivity index (χ3n) is 2.75. The van der Waals surface area contributed by atoms with Crippen molar-refractivity contribution in [3.05, 3.63) is 22.4 Å². The zero-order valence-electron chi connectivity index (χ0n) is 11.4. The second-order valence-corrected chi connectivity index (χ2v) is 5.13. The number of carbonyl (C=O) groups is 2. The Morgan fingerprint density at radius 1 is 1.32 bits per heavy atom. The molecule has 0 aromatic carbocycles. The monoisotopic (exact) mass is 283 g/mol. The topological polar surface area (TPSA) is 61.4 Å². The van der Waals surface area contributed by atoms with Gasteiger partial charge in [-0.05, 0) is 31.0 Å². The number of thiophene rings is 1. The molecular formula is C13H21N3O2S. The fourth-order valence-corrected chi connectivity index (χ4v) is 2.32. The number of hydrogen-bond acceptors (Lipinski definition) is 4. The van der Waals surface area contributed by atoms with E-state index in [1.54, 1.807) is 11.3 Å². The number of nitrogens with one attached hydrogen (secondary N) is 2. The van der Waals surface area contributed by atoms with E-state index in [1.165, 1.54) is 4.88 Å². The van der Waals surface area contributed by atoms with Crippen molar-refractivity contribution < 1.29 is 9.59 Å². The molecule has 0 unspecified atom stereocenters. The lowest BCUT2D eigenvalue weighted by Gasteiger charge is -2.16. The molecule has 0 atom stereocenters. The maximum Gasteiger partial charge on any atom is 0.321 e. The number of amides is 3. The van der Waals surface area contributed by atoms with Crippen molar-refractivity contribution in [1.29, 1.82) is 0 Å². The summed E-state index contributed by atoms with van der Waals surface area (Å²) in [5.41, 5.74) is 0. The summed E-state index contributed by atoms with van der Waals surface area (Å²) >= 11 is 1.66. The average molecular weight is 283 g/mol. The maximum absolute atomic E-state index is 11.6. The van der Waals surface area contributed by atoms with Gasteiger partial charge >= 0.3 is 6.03 Å². The van der Waals surface area contributed by atoms with Crippen molar-refractivity contribution in [3.63, 3.8) is 0 Å². The second-order valence-electron chi connectivity index (χ2n) is 4.09. The zero-order valence-corrected chi connectivity index (χ0v) is 12.3. The molecule has 0 bridgehead atoms. The Morgan fingerprint density at radius 2 is 2.05 bits per heavy atom. The standard InChI is InChI=1S/C13H21N3O2S/c1-3-16(4-2)10-12(17)15-13(18)14-8-7-11-6-5-9-19-11/h5-6,9H,3-4,7-8,10H2,1-2H3,(H2,14,15,17,18). The van der Waals surface area contributed by atoms with Gasteiger partial charge in [0.15, 0.2) is 0 Å². The third kappa shape index (κ3) is 6.35. The van der Waals surface area contributed by atoms with Crippen LogP contribution in [0.1, 0.15) is 18.7 Å². The molecule has 1 heterocycles. The Labute approximate surface area is 118 Å². The van der Waals surface area contributed by atoms with Crippen molar-refractivity contribution in [2.24, 2.45) is 0 Å². The highest BCUT2D eigenvalue weighted by Gasteiger charge is 2.10. The molecule has 3 amide bonds. The SMILES string of the molecule is CCN(CC)CC(=O)NC(=O)NCCc1cccs1. The first-order valence-corrected chi connectivity index (χ1v) is 7.36. The van der Waals surface area contributed by atoms with Gasteiger partial charge < -0.3 is 5.32 Å². The molecule has 0 saturated carbocycles. The molecule has 0 aliphatic carbocycles. The van der Waals surface area contributed by atoms with Crippen LogP contribution in [0.5, 0.6) is 0 Å². The molecule has 0 spiro atoms. The van der Waals surface area contributed by atoms with Crippen LogP contribution in [0.25, 0.3) is 0 Å². The van der Waals surface area contributed by atoms with Gasteiger partial charge in [-0.3, -0.25) is 15.0 Å². The molecule has 0 aliphatic heterocycles. The van der Waals surface area contributed by atoms with Gasteiger partial charge in [-0.15, -0.1) is 11.3 Å². The van der Waals surface area contributed by atoms with Crippen molar-refractivity contribution in [3.8, 4) is 0 Å². The Morgan fingerprint density at radius 3 is 2.63 bits per heavy atom. The van der Waals surface area contributed by atoms with E-state index >= 15 is 0 Å². The molecule has 0 saturated heterocycles. The summed E-state index contributed by atoms with van der Waals surface area (Å²) in [6.45, 7) is 6.35. The van der Waals surface area contributed by atoms with Gasteiger partial charge in [-0.25, -0.2) is 4.79 Å². The highest BCUT2D eigenvalue weighted by atomic mass is 32.1. The zero-order chi connectivity index (χ0) is 14.1. The number of hydrogen-bond donors (Lipinski definition) is 2. The Bertz CT molecular complexity index is 389. The Balaban J connectivity index is 2.17. The fraction of sp³-hybridized carbons (Fsp3) is 0.538. The molecule has 0 fully saturated rings. The average Bonchev–Trinajstić information content (AvgIpc) is 2.89. The van der Waals surface area contributed by atoms with Crippen LogP contribution in [0.15, 0.2) is 17.5 Å². The van der Waals surface area contributed by atoms with Crippen LogP contribution in [0.2, 0.25) is 0 Å². The van der Waals surface area contributed by atoms with Gasteiger partial charge in [-0.2, -0.15) is 0 Å². The summed E-state index contributed by atoms with van der Waals surface area (Å²) < 4.78 is 0. The number of carbonyl (C=O) groups excluding carboxylic acids is 2. The van der Waals surface area contributed by atoms with Crippen molar-refractivity contribution >= 4 is 23.3 Å². The third-order valence-corrected chi connectivity index (χ3v) is 3.69. The quantitative estimate of drug-likeness (QED) is 0.796. The van der Waals surface area contributed by atoms with Gasteiger partial charge in [-0.1, -0.05) is 19.9 Å². The lowest BCUT2D eigenvalue weighted by Crippen LogP contribution is -2.44. The summed E-state index contributed by atoms with van der Waals surface area (Å²) in [4.78, 5) is 26.2. The molecule has 0 radical (unpaired) electrons. The Hall–Kier alpha value is -1.40. The summed E-state index contributed by atoms with van der Waals surface area (Å²) in [5.74, 6) is -0.266. The van der Waals surface area contributed by atoms with Crippen LogP contribution < -0.4 is 10.6 Å². The highest BCUT2D eigenvalue weighted by Crippen LogP contribution is 2.07. The molecule has 5 nitrogen and oxygen atoms in total. The maximum atomic E-state index is 11.6. The predicted octanol–water partition coefficient (Wildman–Crippen LogP) is 1.46. The van der Waals surface area contributed by atoms with Crippen molar-refractivity contribution in [1.82, 2.24) is 15.5 Å². The van der Waals surface area contributed by atoms with E-state index in [1.807, 2.05) is 36.3 Å². The van der Waals surface area contributed by atoms with Gasteiger partial charge in [0.05, 0.1) is 6.54 Å². The van der Waals surface area contributed by atoms with Crippen LogP contribution in [-0.2, 0) is 11.2 Å². The molecule has 19 heavy (non-hydrogen) atoms. The van der Waals surface area contributed by atoms with Crippen molar-refractivity contribution in [2.45, 2.75) is 20.3 Å². The minimum absolute atomic E-state index is 0.255. The number of imide groups is 1. The van der Waals surface area contributed by atoms with Crippen LogP contribution in [0.4, 0.5) is 4.79 Å². The van der Waals surface area contributed by atoms with Gasteiger partial charge in [0.25, 0.3) is 0 Å². The first-order chi connectivity index (χ1) is 9.15. The largest absolute Gasteiger partial charge is 0.337 e. The van der Waals surface area contributed by atoms with Crippen LogP contribution >= 0.6 is 11.3 Å². The summed E-state index contributed by atoms with van der Waals surface area (Å²) in [6, 6.07) is 3.58. The first kappa shape index (κ1) is 15.7. The molecule has 1 aromatic heterocycles. The molecule has 6 heteroatoms. The predicted molar refractivity (Wildman–Crippen MR) is 77.4 cm³/mol. The molecule has 106 valence electrons. The molecule has 1 aromatic rings. The second kappa shape index (κ2) is 8.66. The number of rotatable bonds is 7. The number of likely N-dealkylation sites (N-methyl/N-ethyl adjacent to an activating group) is 1. The number of nitrogens with zero attached hydrogens (tertiary/aromatic N) is 1. The molecular weight excluding hydrogens is 262 g/mol. The normalized spacial score (nSPS) is 10.5. The summed E-state index contributed by atoms with van der Waals surface area (Å²) in [5, 5.41) is 7.01. The lowest BCUT2D eigenvalue weighted by atomic mass is 10.3. The van der Waals surface area contributed by atoms with E-state index in [4.69, 9.17) is 0 Å². The Kier molecular flexibility index (Phi) is 7.14. The van der Waals surface area contributed by atoms with E-state index in [0.717, 1.165) is 19.5 Å². The molecule has 2 N–H and O–H groups in total. The van der Waals surface area contributed by atoms with E-state index in [0.29, 0.717) is 6.54 Å². The smallest absolute Gasteiger partial charge is 0.321 e. The number of urea groups is 1. The fourth-order valence-electron chi connectivity index (χ4n) is 1.61. The first-order valence-electron chi connectivity index (χ1n) is 6.48. The van der Waals surface area contributed by atoms with E-state index in [2.05, 4.69) is 10.6 Å². The van der Waals surface area contributed by atoms with Gasteiger partial charge in [0.1, 0.15) is 0 Å². The summed E-state index contributed by atoms with van der Waals surface area (Å²) in [6.07, 6.45) is 0.787. The summed E-state index contributed by atoms with van der Waals surface area (Å²) in [7, 11) is 0. The minimum Gasteiger partial charge on any atom is -0.337 e.